The zero-order valence-electron chi connectivity index (χ0n) is 10.5. The Balaban J connectivity index is 2.02. The molecule has 2 heterocycles. The number of sulfone groups is 1. The fourth-order valence-corrected chi connectivity index (χ4v) is 4.14. The van der Waals surface area contributed by atoms with Crippen molar-refractivity contribution in [1.29, 1.82) is 0 Å². The van der Waals surface area contributed by atoms with Gasteiger partial charge >= 0.3 is 0 Å². The molecule has 6 heteroatoms. The van der Waals surface area contributed by atoms with E-state index in [1.807, 2.05) is 0 Å². The summed E-state index contributed by atoms with van der Waals surface area (Å²) in [4.78, 5) is 4.09. The lowest BCUT2D eigenvalue weighted by atomic mass is 10.1. The Bertz CT molecular complexity index is 492. The second-order valence-electron chi connectivity index (χ2n) is 4.96. The van der Waals surface area contributed by atoms with Gasteiger partial charge in [-0.05, 0) is 19.8 Å². The van der Waals surface area contributed by atoms with Crippen LogP contribution in [-0.4, -0.2) is 35.6 Å². The van der Waals surface area contributed by atoms with E-state index < -0.39 is 15.9 Å². The zero-order valence-corrected chi connectivity index (χ0v) is 11.3. The second kappa shape index (κ2) is 5.40. The van der Waals surface area contributed by atoms with Crippen LogP contribution in [0, 0.1) is 0 Å². The quantitative estimate of drug-likeness (QED) is 0.888. The van der Waals surface area contributed by atoms with E-state index in [0.29, 0.717) is 30.9 Å². The van der Waals surface area contributed by atoms with Gasteiger partial charge in [-0.1, -0.05) is 6.42 Å². The van der Waals surface area contributed by atoms with Gasteiger partial charge < -0.3 is 9.52 Å². The SMILES string of the molecule is CC(O)Cc1cnc(CC2CCCCS2(=O)=O)o1. The minimum absolute atomic E-state index is 0.277. The van der Waals surface area contributed by atoms with Gasteiger partial charge in [-0.25, -0.2) is 13.4 Å². The maximum absolute atomic E-state index is 11.9. The molecule has 0 spiro atoms. The van der Waals surface area contributed by atoms with Crippen LogP contribution in [0.5, 0.6) is 0 Å². The maximum atomic E-state index is 11.9. The summed E-state index contributed by atoms with van der Waals surface area (Å²) < 4.78 is 29.2. The van der Waals surface area contributed by atoms with E-state index >= 15 is 0 Å². The van der Waals surface area contributed by atoms with Crippen LogP contribution in [0.1, 0.15) is 37.8 Å². The Hall–Kier alpha value is -0.880. The summed E-state index contributed by atoms with van der Waals surface area (Å²) in [6.07, 6.45) is 4.24. The van der Waals surface area contributed by atoms with Crippen molar-refractivity contribution in [3.63, 3.8) is 0 Å². The third kappa shape index (κ3) is 3.32. The summed E-state index contributed by atoms with van der Waals surface area (Å²) in [5, 5.41) is 8.88. The molecular formula is C12H19NO4S. The van der Waals surface area contributed by atoms with Crippen LogP contribution >= 0.6 is 0 Å². The number of oxazole rings is 1. The molecule has 1 aromatic rings. The van der Waals surface area contributed by atoms with Crippen molar-refractivity contribution < 1.29 is 17.9 Å². The van der Waals surface area contributed by atoms with Crippen LogP contribution < -0.4 is 0 Å². The largest absolute Gasteiger partial charge is 0.446 e. The van der Waals surface area contributed by atoms with E-state index in [1.54, 1.807) is 13.1 Å². The highest BCUT2D eigenvalue weighted by atomic mass is 32.2. The van der Waals surface area contributed by atoms with E-state index in [0.717, 1.165) is 12.8 Å². The molecule has 1 saturated heterocycles. The fraction of sp³-hybridized carbons (Fsp3) is 0.750. The summed E-state index contributed by atoms with van der Waals surface area (Å²) in [5.41, 5.74) is 0. The molecule has 0 bridgehead atoms. The topological polar surface area (TPSA) is 80.4 Å². The first-order chi connectivity index (χ1) is 8.47. The summed E-state index contributed by atoms with van der Waals surface area (Å²) in [6.45, 7) is 1.67. The van der Waals surface area contributed by atoms with Crippen molar-refractivity contribution >= 4 is 9.84 Å². The third-order valence-electron chi connectivity index (χ3n) is 3.21. The van der Waals surface area contributed by atoms with Crippen molar-refractivity contribution in [1.82, 2.24) is 4.98 Å². The van der Waals surface area contributed by atoms with Gasteiger partial charge in [-0.2, -0.15) is 0 Å². The van der Waals surface area contributed by atoms with Gasteiger partial charge in [0.1, 0.15) is 5.76 Å². The zero-order chi connectivity index (χ0) is 13.2. The van der Waals surface area contributed by atoms with E-state index in [1.165, 1.54) is 0 Å². The second-order valence-corrected chi connectivity index (χ2v) is 7.36. The van der Waals surface area contributed by atoms with Gasteiger partial charge in [0.2, 0.25) is 0 Å². The van der Waals surface area contributed by atoms with Crippen LogP contribution in [0.15, 0.2) is 10.6 Å². The first-order valence-corrected chi connectivity index (χ1v) is 8.02. The number of aliphatic hydroxyl groups is 1. The Morgan fingerprint density at radius 2 is 2.33 bits per heavy atom. The predicted molar refractivity (Wildman–Crippen MR) is 67.0 cm³/mol. The highest BCUT2D eigenvalue weighted by Gasteiger charge is 2.30. The number of hydrogen-bond acceptors (Lipinski definition) is 5. The van der Waals surface area contributed by atoms with Gasteiger partial charge in [0.05, 0.1) is 23.3 Å². The lowest BCUT2D eigenvalue weighted by Crippen LogP contribution is -2.30. The van der Waals surface area contributed by atoms with E-state index in [9.17, 15) is 13.5 Å². The summed E-state index contributed by atoms with van der Waals surface area (Å²) in [5.74, 6) is 1.34. The highest BCUT2D eigenvalue weighted by Crippen LogP contribution is 2.23. The van der Waals surface area contributed by atoms with Gasteiger partial charge in [-0.3, -0.25) is 0 Å². The van der Waals surface area contributed by atoms with Crippen LogP contribution in [0.25, 0.3) is 0 Å². The summed E-state index contributed by atoms with van der Waals surface area (Å²) >= 11 is 0. The number of aromatic nitrogens is 1. The number of aliphatic hydroxyl groups excluding tert-OH is 1. The molecule has 0 amide bonds. The molecule has 18 heavy (non-hydrogen) atoms. The molecule has 1 aromatic heterocycles. The minimum Gasteiger partial charge on any atom is -0.446 e. The monoisotopic (exact) mass is 273 g/mol. The summed E-state index contributed by atoms with van der Waals surface area (Å²) in [7, 11) is -2.98. The standard InChI is InChI=1S/C12H19NO4S/c1-9(14)6-10-8-13-12(17-10)7-11-4-2-3-5-18(11,15)16/h8-9,11,14H,2-7H2,1H3. The predicted octanol–water partition coefficient (Wildman–Crippen LogP) is 1.11. The fourth-order valence-electron chi connectivity index (χ4n) is 2.27. The number of nitrogens with zero attached hydrogens (tertiary/aromatic N) is 1. The Kier molecular flexibility index (Phi) is 4.07. The molecule has 1 fully saturated rings. The Morgan fingerprint density at radius 3 is 3.00 bits per heavy atom. The minimum atomic E-state index is -2.98. The van der Waals surface area contributed by atoms with Gasteiger partial charge in [0, 0.05) is 12.8 Å². The summed E-state index contributed by atoms with van der Waals surface area (Å²) in [6, 6.07) is 0. The van der Waals surface area contributed by atoms with E-state index in [2.05, 4.69) is 4.98 Å². The van der Waals surface area contributed by atoms with Gasteiger partial charge in [0.15, 0.2) is 15.7 Å². The van der Waals surface area contributed by atoms with Crippen LogP contribution in [0.2, 0.25) is 0 Å². The smallest absolute Gasteiger partial charge is 0.195 e. The Morgan fingerprint density at radius 1 is 1.56 bits per heavy atom. The lowest BCUT2D eigenvalue weighted by Gasteiger charge is -2.20. The maximum Gasteiger partial charge on any atom is 0.195 e. The first kappa shape index (κ1) is 13.5. The van der Waals surface area contributed by atoms with Crippen LogP contribution in [0.3, 0.4) is 0 Å². The van der Waals surface area contributed by atoms with Crippen molar-refractivity contribution in [3.05, 3.63) is 17.8 Å². The first-order valence-electron chi connectivity index (χ1n) is 6.30. The molecular weight excluding hydrogens is 254 g/mol. The normalized spacial score (nSPS) is 24.9. The van der Waals surface area contributed by atoms with Crippen LogP contribution in [0.4, 0.5) is 0 Å². The number of rotatable bonds is 4. The molecule has 0 aromatic carbocycles. The molecule has 2 rings (SSSR count). The van der Waals surface area contributed by atoms with Crippen molar-refractivity contribution in [2.24, 2.45) is 0 Å². The Labute approximate surface area is 107 Å². The molecule has 2 atom stereocenters. The van der Waals surface area contributed by atoms with Crippen molar-refractivity contribution in [2.45, 2.75) is 50.4 Å². The highest BCUT2D eigenvalue weighted by molar-refractivity contribution is 7.92. The molecule has 5 nitrogen and oxygen atoms in total. The van der Waals surface area contributed by atoms with Crippen molar-refractivity contribution in [2.75, 3.05) is 5.75 Å². The molecule has 1 aliphatic rings. The molecule has 0 saturated carbocycles. The van der Waals surface area contributed by atoms with E-state index in [4.69, 9.17) is 4.42 Å². The average Bonchev–Trinajstić information content (AvgIpc) is 2.68. The molecule has 2 unspecified atom stereocenters. The van der Waals surface area contributed by atoms with Crippen molar-refractivity contribution in [3.8, 4) is 0 Å². The molecule has 1 N–H and O–H groups in total. The molecule has 0 radical (unpaired) electrons. The average molecular weight is 273 g/mol. The molecule has 0 aliphatic carbocycles. The third-order valence-corrected chi connectivity index (χ3v) is 5.49. The lowest BCUT2D eigenvalue weighted by molar-refractivity contribution is 0.186. The van der Waals surface area contributed by atoms with Crippen LogP contribution in [-0.2, 0) is 22.7 Å². The number of hydrogen-bond donors (Lipinski definition) is 1. The molecule has 1 aliphatic heterocycles. The molecule has 102 valence electrons. The van der Waals surface area contributed by atoms with E-state index in [-0.39, 0.29) is 11.0 Å². The van der Waals surface area contributed by atoms with Gasteiger partial charge in [0.25, 0.3) is 0 Å². The van der Waals surface area contributed by atoms with Gasteiger partial charge in [-0.15, -0.1) is 0 Å².